The molecule has 0 N–H and O–H groups in total. The van der Waals surface area contributed by atoms with Gasteiger partial charge in [-0.2, -0.15) is 9.40 Å². The van der Waals surface area contributed by atoms with Gasteiger partial charge in [0.15, 0.2) is 5.82 Å². The maximum Gasteiger partial charge on any atom is 0.247 e. The van der Waals surface area contributed by atoms with E-state index in [-0.39, 0.29) is 4.90 Å². The Kier molecular flexibility index (Phi) is 5.90. The lowest BCUT2D eigenvalue weighted by Crippen LogP contribution is -2.48. The van der Waals surface area contributed by atoms with Gasteiger partial charge in [0.2, 0.25) is 10.0 Å². The molecule has 1 aliphatic rings. The normalized spacial score (nSPS) is 15.4. The number of nitrogens with zero attached hydrogens (tertiary/aromatic N) is 5. The number of hydrogen-bond acceptors (Lipinski definition) is 8. The molecule has 2 heterocycles. The van der Waals surface area contributed by atoms with E-state index < -0.39 is 10.0 Å². The van der Waals surface area contributed by atoms with E-state index in [1.165, 1.54) is 24.6 Å². The molecule has 1 saturated heterocycles. The van der Waals surface area contributed by atoms with Crippen molar-refractivity contribution in [1.82, 2.24) is 14.5 Å². The summed E-state index contributed by atoms with van der Waals surface area (Å²) < 4.78 is 38.2. The largest absolute Gasteiger partial charge is 0.497 e. The third-order valence-corrected chi connectivity index (χ3v) is 6.60. The number of piperazine rings is 1. The first-order chi connectivity index (χ1) is 13.4. The van der Waals surface area contributed by atoms with E-state index in [1.807, 2.05) is 25.1 Å². The Morgan fingerprint density at radius 3 is 2.36 bits per heavy atom. The minimum atomic E-state index is -3.70. The van der Waals surface area contributed by atoms with E-state index in [0.29, 0.717) is 37.7 Å². The number of anilines is 2. The lowest BCUT2D eigenvalue weighted by molar-refractivity contribution is 0.370. The van der Waals surface area contributed by atoms with Crippen molar-refractivity contribution in [2.24, 2.45) is 0 Å². The molecule has 0 atom stereocenters. The summed E-state index contributed by atoms with van der Waals surface area (Å²) in [4.78, 5) is 4.10. The number of rotatable bonds is 6. The smallest absolute Gasteiger partial charge is 0.247 e. The highest BCUT2D eigenvalue weighted by Crippen LogP contribution is 2.31. The number of aromatic nitrogens is 2. The Hall–Kier alpha value is -2.59. The molecule has 28 heavy (non-hydrogen) atoms. The van der Waals surface area contributed by atoms with Crippen molar-refractivity contribution in [3.05, 3.63) is 30.5 Å². The summed E-state index contributed by atoms with van der Waals surface area (Å²) in [7, 11) is 3.06. The van der Waals surface area contributed by atoms with Gasteiger partial charge < -0.3 is 19.3 Å². The SMILES string of the molecule is COc1ccc(OC)c(S(=O)(=O)N2CCN(c3cnnc(N(C)C)c3)CC2)c1. The molecule has 1 aromatic carbocycles. The molecule has 1 aliphatic heterocycles. The van der Waals surface area contributed by atoms with Gasteiger partial charge in [0.25, 0.3) is 0 Å². The van der Waals surface area contributed by atoms with Gasteiger partial charge in [0.1, 0.15) is 16.4 Å². The fourth-order valence-corrected chi connectivity index (χ4v) is 4.64. The van der Waals surface area contributed by atoms with Crippen LogP contribution >= 0.6 is 0 Å². The first-order valence-electron chi connectivity index (χ1n) is 8.84. The summed E-state index contributed by atoms with van der Waals surface area (Å²) in [6.45, 7) is 1.85. The fraction of sp³-hybridized carbons (Fsp3) is 0.444. The van der Waals surface area contributed by atoms with Gasteiger partial charge in [-0.3, -0.25) is 0 Å². The van der Waals surface area contributed by atoms with Crippen molar-refractivity contribution in [1.29, 1.82) is 0 Å². The molecule has 0 unspecified atom stereocenters. The van der Waals surface area contributed by atoms with Crippen molar-refractivity contribution in [3.8, 4) is 11.5 Å². The van der Waals surface area contributed by atoms with E-state index in [4.69, 9.17) is 9.47 Å². The molecule has 1 aromatic heterocycles. The second-order valence-corrected chi connectivity index (χ2v) is 8.48. The van der Waals surface area contributed by atoms with Crippen LogP contribution in [0.25, 0.3) is 0 Å². The van der Waals surface area contributed by atoms with E-state index in [2.05, 4.69) is 15.1 Å². The van der Waals surface area contributed by atoms with Gasteiger partial charge in [0, 0.05) is 52.4 Å². The summed E-state index contributed by atoms with van der Waals surface area (Å²) in [6.07, 6.45) is 1.70. The van der Waals surface area contributed by atoms with Gasteiger partial charge in [-0.25, -0.2) is 8.42 Å². The van der Waals surface area contributed by atoms with Crippen LogP contribution < -0.4 is 19.3 Å². The third kappa shape index (κ3) is 3.97. The molecule has 0 radical (unpaired) electrons. The van der Waals surface area contributed by atoms with E-state index in [1.54, 1.807) is 18.3 Å². The molecule has 2 aromatic rings. The van der Waals surface area contributed by atoms with Gasteiger partial charge in [-0.1, -0.05) is 0 Å². The van der Waals surface area contributed by atoms with Gasteiger partial charge >= 0.3 is 0 Å². The summed E-state index contributed by atoms with van der Waals surface area (Å²) in [5.74, 6) is 1.53. The lowest BCUT2D eigenvalue weighted by atomic mass is 10.3. The van der Waals surface area contributed by atoms with E-state index in [9.17, 15) is 8.42 Å². The maximum absolute atomic E-state index is 13.2. The zero-order valence-electron chi connectivity index (χ0n) is 16.5. The average molecular weight is 407 g/mol. The van der Waals surface area contributed by atoms with Gasteiger partial charge in [-0.15, -0.1) is 5.10 Å². The van der Waals surface area contributed by atoms with Crippen LogP contribution in [0.2, 0.25) is 0 Å². The predicted molar refractivity (Wildman–Crippen MR) is 107 cm³/mol. The van der Waals surface area contributed by atoms with Crippen LogP contribution in [0.5, 0.6) is 11.5 Å². The van der Waals surface area contributed by atoms with Crippen molar-refractivity contribution in [2.45, 2.75) is 4.90 Å². The van der Waals surface area contributed by atoms with Crippen LogP contribution in [0.4, 0.5) is 11.5 Å². The standard InChI is InChI=1S/C18H25N5O4S/c1-21(2)18-11-14(13-19-20-18)22-7-9-23(10-8-22)28(24,25)17-12-15(26-3)5-6-16(17)27-4/h5-6,11-13H,7-10H2,1-4H3. The molecule has 0 aliphatic carbocycles. The van der Waals surface area contributed by atoms with Crippen LogP contribution in [0.15, 0.2) is 35.4 Å². The number of methoxy groups -OCH3 is 2. The first kappa shape index (κ1) is 20.2. The number of sulfonamides is 1. The van der Waals surface area contributed by atoms with Gasteiger partial charge in [0.05, 0.1) is 26.1 Å². The molecule has 0 spiro atoms. The summed E-state index contributed by atoms with van der Waals surface area (Å²) in [5, 5.41) is 8.12. The molecule has 9 nitrogen and oxygen atoms in total. The first-order valence-corrected chi connectivity index (χ1v) is 10.3. The van der Waals surface area contributed by atoms with Gasteiger partial charge in [-0.05, 0) is 12.1 Å². The van der Waals surface area contributed by atoms with Crippen LogP contribution in [-0.2, 0) is 10.0 Å². The molecule has 0 bridgehead atoms. The highest BCUT2D eigenvalue weighted by atomic mass is 32.2. The van der Waals surface area contributed by atoms with Crippen LogP contribution in [0, 0.1) is 0 Å². The van der Waals surface area contributed by atoms with E-state index in [0.717, 1.165) is 11.5 Å². The maximum atomic E-state index is 13.2. The highest BCUT2D eigenvalue weighted by Gasteiger charge is 2.31. The third-order valence-electron chi connectivity index (χ3n) is 4.68. The zero-order chi connectivity index (χ0) is 20.3. The Morgan fingerprint density at radius 1 is 1.04 bits per heavy atom. The second-order valence-electron chi connectivity index (χ2n) is 6.57. The van der Waals surface area contributed by atoms with Crippen LogP contribution in [0.1, 0.15) is 0 Å². The van der Waals surface area contributed by atoms with E-state index >= 15 is 0 Å². The molecular weight excluding hydrogens is 382 g/mol. The minimum Gasteiger partial charge on any atom is -0.497 e. The molecule has 10 heteroatoms. The highest BCUT2D eigenvalue weighted by molar-refractivity contribution is 7.89. The molecule has 152 valence electrons. The van der Waals surface area contributed by atoms with Crippen LogP contribution in [-0.4, -0.2) is 77.4 Å². The Labute approximate surface area is 165 Å². The average Bonchev–Trinajstić information content (AvgIpc) is 2.73. The monoisotopic (exact) mass is 407 g/mol. The minimum absolute atomic E-state index is 0.114. The second kappa shape index (κ2) is 8.19. The number of ether oxygens (including phenoxy) is 2. The van der Waals surface area contributed by atoms with Crippen molar-refractivity contribution < 1.29 is 17.9 Å². The molecular formula is C18H25N5O4S. The predicted octanol–water partition coefficient (Wildman–Crippen LogP) is 1.07. The van der Waals surface area contributed by atoms with Crippen molar-refractivity contribution in [3.63, 3.8) is 0 Å². The molecule has 3 rings (SSSR count). The number of hydrogen-bond donors (Lipinski definition) is 0. The number of benzene rings is 1. The summed E-state index contributed by atoms with van der Waals surface area (Å²) in [5.41, 5.74) is 0.926. The summed E-state index contributed by atoms with van der Waals surface area (Å²) >= 11 is 0. The van der Waals surface area contributed by atoms with Crippen molar-refractivity contribution in [2.75, 3.05) is 64.3 Å². The lowest BCUT2D eigenvalue weighted by Gasteiger charge is -2.35. The molecule has 1 fully saturated rings. The van der Waals surface area contributed by atoms with Crippen LogP contribution in [0.3, 0.4) is 0 Å². The van der Waals surface area contributed by atoms with Crippen molar-refractivity contribution >= 4 is 21.5 Å². The Morgan fingerprint density at radius 2 is 1.75 bits per heavy atom. The Balaban J connectivity index is 1.78. The summed E-state index contributed by atoms with van der Waals surface area (Å²) in [6, 6.07) is 6.72. The molecule has 0 saturated carbocycles. The quantitative estimate of drug-likeness (QED) is 0.703. The zero-order valence-corrected chi connectivity index (χ0v) is 17.3. The topological polar surface area (TPSA) is 88.1 Å². The molecule has 0 amide bonds. The fourth-order valence-electron chi connectivity index (χ4n) is 3.05. The Bertz CT molecular complexity index is 927.